The van der Waals surface area contributed by atoms with Gasteiger partial charge in [0.15, 0.2) is 0 Å². The number of ether oxygens (including phenoxy) is 3. The third-order valence-electron chi connectivity index (χ3n) is 13.1. The standard InChI is InChI=1S/C14H13NO2.C13H11NO2.C8H9F3O5S.C7H6BNO2.C7H10O3.C6H15N.C2F6O5S2.Li.H2O/c1-17-14(16)13-7-3-6-12(13)11-5-2-4-10(8-11)9-15;14-8-9-3-1-4-10(7-9)11-5-2-6-12(11)13(15)16;1-15-7(12)5-3-2-4-6(5)16-17(13,14)8(9,10)11;9-5-6-2-1-3-7(4-6)8(10)11;1-10-7(9)5-3-2-4-6(5)8;1-4-7(5-2)6-3;3-1(4,5)14(9,10)13-15(11,12)2(6,7)8;;/h2,4-5,8H,3,6-7H2,1H3;1,3-4,7H,2,5-6H2,(H,15,16);2-4H2,1H3;1-4,10-11H;5H,2-4H2,1H3;4-6H2,1-3H3;;;1H2/q;;;;;;;+1;/p-1. The minimum absolute atomic E-state index is 0. The summed E-state index contributed by atoms with van der Waals surface area (Å²) < 4.78 is 185. The molecule has 0 bridgehead atoms. The van der Waals surface area contributed by atoms with Crippen LogP contribution < -0.4 is 24.3 Å². The third-order valence-corrected chi connectivity index (χ3v) is 16.6. The van der Waals surface area contributed by atoms with Crippen LogP contribution in [0.3, 0.4) is 0 Å². The summed E-state index contributed by atoms with van der Waals surface area (Å²) in [4.78, 5) is 57.8. The minimum atomic E-state index is -6.85. The predicted octanol–water partition coefficient (Wildman–Crippen LogP) is 5.36. The molecule has 1 saturated carbocycles. The van der Waals surface area contributed by atoms with Gasteiger partial charge in [-0.05, 0) is 148 Å². The van der Waals surface area contributed by atoms with Gasteiger partial charge in [0, 0.05) is 24.0 Å². The number of halogens is 9. The summed E-state index contributed by atoms with van der Waals surface area (Å²) in [5, 5.41) is 52.5. The number of allylic oxidation sites excluding steroid dienone is 3. The number of ketones is 1. The van der Waals surface area contributed by atoms with Gasteiger partial charge in [-0.1, -0.05) is 57.2 Å². The molecule has 0 spiro atoms. The third kappa shape index (κ3) is 28.7. The molecular formula is C57H65BF9LiN4O20S3. The van der Waals surface area contributed by atoms with Crippen molar-refractivity contribution in [3.63, 3.8) is 0 Å². The van der Waals surface area contributed by atoms with Crippen LogP contribution in [0, 0.1) is 39.9 Å². The predicted molar refractivity (Wildman–Crippen MR) is 314 cm³/mol. The smallest absolute Gasteiger partial charge is 0.870 e. The first kappa shape index (κ1) is 89.4. The first-order valence-electron chi connectivity index (χ1n) is 27.3. The number of carboxylic acids is 1. The zero-order chi connectivity index (χ0) is 71.3. The van der Waals surface area contributed by atoms with E-state index in [0.717, 1.165) is 73.5 Å². The number of Topliss-reactive ketones (excluding diaryl/α,β-unsaturated/α-hetero) is 1. The molecule has 1 unspecified atom stereocenters. The largest absolute Gasteiger partial charge is 1.00 e. The maximum atomic E-state index is 12.0. The van der Waals surface area contributed by atoms with Crippen molar-refractivity contribution in [2.45, 2.75) is 114 Å². The van der Waals surface area contributed by atoms with E-state index in [1.807, 2.05) is 34.0 Å². The van der Waals surface area contributed by atoms with Crippen LogP contribution in [-0.2, 0) is 76.4 Å². The summed E-state index contributed by atoms with van der Waals surface area (Å²) in [5.41, 5.74) is -11.3. The van der Waals surface area contributed by atoms with Crippen LogP contribution in [0.15, 0.2) is 95.3 Å². The molecular weight excluding hydrogens is 1350 g/mol. The maximum Gasteiger partial charge on any atom is 1.00 e. The minimum Gasteiger partial charge on any atom is -0.870 e. The van der Waals surface area contributed by atoms with E-state index in [1.165, 1.54) is 39.9 Å². The number of benzene rings is 3. The molecule has 38 heteroatoms. The number of rotatable bonds is 14. The number of carboxylic acid groups (broad SMARTS) is 1. The fraction of sp³-hybridized carbons (Fsp3) is 0.439. The number of aliphatic carboxylic acids is 1. The van der Waals surface area contributed by atoms with Gasteiger partial charge in [-0.3, -0.25) is 9.59 Å². The molecule has 4 aliphatic carbocycles. The van der Waals surface area contributed by atoms with E-state index >= 15 is 0 Å². The Morgan fingerprint density at radius 2 is 0.958 bits per heavy atom. The monoisotopic (exact) mass is 1410 g/mol. The Balaban J connectivity index is 0. The van der Waals surface area contributed by atoms with E-state index in [2.05, 4.69) is 51.5 Å². The van der Waals surface area contributed by atoms with Crippen molar-refractivity contribution < 1.29 is 150 Å². The second kappa shape index (κ2) is 41.4. The fourth-order valence-corrected chi connectivity index (χ4v) is 10.5. The van der Waals surface area contributed by atoms with Gasteiger partial charge in [-0.2, -0.15) is 80.6 Å². The number of carbonyl (C=O) groups is 5. The Kier molecular flexibility index (Phi) is 38.9. The summed E-state index contributed by atoms with van der Waals surface area (Å²) in [6.07, 6.45) is 7.38. The first-order chi connectivity index (χ1) is 43.2. The summed E-state index contributed by atoms with van der Waals surface area (Å²) >= 11 is 0. The molecule has 0 saturated heterocycles. The van der Waals surface area contributed by atoms with Gasteiger partial charge in [0.2, 0.25) is 0 Å². The van der Waals surface area contributed by atoms with Crippen molar-refractivity contribution in [3.05, 3.63) is 123 Å². The molecule has 0 amide bonds. The SMILES string of the molecule is CCN(CC)CC.COC(=O)C1=C(OS(=O)(=O)C(F)(F)F)CCC1.COC(=O)C1=C(c2cccc(C#N)c2)CCC1.COC(=O)C1CCCC1=O.N#Cc1cccc(B(O)O)c1.N#Cc1cccc(C2=C(C(=O)O)CCC2)c1.O=S(=O)(OS(=O)(=O)C(F)(F)F)C(F)(F)F.[Li+].[OH-]. The molecule has 4 aliphatic rings. The fourth-order valence-electron chi connectivity index (χ4n) is 8.43. The van der Waals surface area contributed by atoms with Crippen LogP contribution in [0.1, 0.15) is 126 Å². The molecule has 1 fully saturated rings. The molecule has 0 aromatic heterocycles. The molecule has 3 aromatic carbocycles. The number of alkyl halides is 9. The van der Waals surface area contributed by atoms with Crippen molar-refractivity contribution in [2.24, 2.45) is 5.92 Å². The van der Waals surface area contributed by atoms with E-state index in [4.69, 9.17) is 35.7 Å². The van der Waals surface area contributed by atoms with Crippen molar-refractivity contribution in [1.29, 1.82) is 15.8 Å². The molecule has 4 N–H and O–H groups in total. The molecule has 3 aromatic rings. The Morgan fingerprint density at radius 3 is 1.32 bits per heavy atom. The van der Waals surface area contributed by atoms with Crippen LogP contribution in [0.4, 0.5) is 39.5 Å². The van der Waals surface area contributed by atoms with Gasteiger partial charge >= 0.3 is 96.7 Å². The van der Waals surface area contributed by atoms with Crippen molar-refractivity contribution in [1.82, 2.24) is 4.90 Å². The molecule has 7 rings (SSSR count). The van der Waals surface area contributed by atoms with Crippen LogP contribution in [-0.4, -0.2) is 145 Å². The number of nitrogens with zero attached hydrogens (tertiary/aromatic N) is 4. The van der Waals surface area contributed by atoms with Crippen LogP contribution in [0.25, 0.3) is 11.1 Å². The van der Waals surface area contributed by atoms with Gasteiger partial charge in [-0.25, -0.2) is 14.4 Å². The van der Waals surface area contributed by atoms with Crippen LogP contribution in [0.5, 0.6) is 0 Å². The molecule has 518 valence electrons. The van der Waals surface area contributed by atoms with Crippen LogP contribution >= 0.6 is 0 Å². The summed E-state index contributed by atoms with van der Waals surface area (Å²) in [6, 6.07) is 26.8. The Hall–Kier alpha value is -7.62. The number of methoxy groups -OCH3 is 3. The molecule has 0 radical (unpaired) electrons. The zero-order valence-corrected chi connectivity index (χ0v) is 54.4. The number of nitriles is 3. The van der Waals surface area contributed by atoms with Gasteiger partial charge in [-0.15, -0.1) is 3.63 Å². The average molecular weight is 1410 g/mol. The average Bonchev–Trinajstić information content (AvgIpc) is 1.61. The van der Waals surface area contributed by atoms with Crippen LogP contribution in [0.2, 0.25) is 0 Å². The normalized spacial score (nSPS) is 15.0. The molecule has 24 nitrogen and oxygen atoms in total. The Morgan fingerprint density at radius 1 is 0.568 bits per heavy atom. The van der Waals surface area contributed by atoms with E-state index in [0.29, 0.717) is 53.4 Å². The van der Waals surface area contributed by atoms with Crippen molar-refractivity contribution in [2.75, 3.05) is 41.0 Å². The van der Waals surface area contributed by atoms with Gasteiger partial charge < -0.3 is 43.9 Å². The molecule has 0 aliphatic heterocycles. The Labute approximate surface area is 554 Å². The second-order valence-corrected chi connectivity index (χ2v) is 23.9. The molecule has 0 heterocycles. The number of hydrogen-bond donors (Lipinski definition) is 3. The van der Waals surface area contributed by atoms with Gasteiger partial charge in [0.05, 0.1) is 61.8 Å². The molecule has 1 atom stereocenters. The summed E-state index contributed by atoms with van der Waals surface area (Å²) in [7, 11) is -17.2. The van der Waals surface area contributed by atoms with Crippen molar-refractivity contribution >= 4 is 83.7 Å². The number of hydrogen-bond acceptors (Lipinski definition) is 23. The maximum absolute atomic E-state index is 12.0. The van der Waals surface area contributed by atoms with E-state index in [1.54, 1.807) is 42.5 Å². The van der Waals surface area contributed by atoms with E-state index in [-0.39, 0.29) is 60.5 Å². The first-order valence-corrected chi connectivity index (χ1v) is 31.5. The Bertz CT molecular complexity index is 3650. The number of carbonyl (C=O) groups excluding carboxylic acids is 4. The zero-order valence-electron chi connectivity index (χ0n) is 51.9. The van der Waals surface area contributed by atoms with Gasteiger partial charge in [0.1, 0.15) is 17.5 Å². The van der Waals surface area contributed by atoms with E-state index < -0.39 is 77.6 Å². The summed E-state index contributed by atoms with van der Waals surface area (Å²) in [6.45, 7) is 10.1. The van der Waals surface area contributed by atoms with Crippen molar-refractivity contribution in [3.8, 4) is 18.2 Å². The van der Waals surface area contributed by atoms with Gasteiger partial charge in [0.25, 0.3) is 0 Å². The quantitative estimate of drug-likeness (QED) is 0.0348. The number of esters is 3. The second-order valence-electron chi connectivity index (χ2n) is 19.1. The topological polar surface area (TPSA) is 399 Å². The molecule has 95 heavy (non-hydrogen) atoms. The summed E-state index contributed by atoms with van der Waals surface area (Å²) in [5.74, 6) is -3.25. The van der Waals surface area contributed by atoms with E-state index in [9.17, 15) is 88.7 Å².